The summed E-state index contributed by atoms with van der Waals surface area (Å²) in [7, 11) is 1.30. The molecule has 80 valence electrons. The Morgan fingerprint density at radius 1 is 1.67 bits per heavy atom. The van der Waals surface area contributed by atoms with Gasteiger partial charge in [-0.25, -0.2) is 4.98 Å². The first-order valence-corrected chi connectivity index (χ1v) is 4.91. The molecule has 0 amide bonds. The number of hydrogen-bond acceptors (Lipinski definition) is 6. The van der Waals surface area contributed by atoms with E-state index in [0.29, 0.717) is 5.69 Å². The first kappa shape index (κ1) is 11.4. The van der Waals surface area contributed by atoms with Crippen molar-refractivity contribution in [3.63, 3.8) is 0 Å². The van der Waals surface area contributed by atoms with Crippen LogP contribution in [0, 0.1) is 0 Å². The van der Waals surface area contributed by atoms with Gasteiger partial charge in [0, 0.05) is 5.38 Å². The number of methoxy groups -OCH3 is 1. The van der Waals surface area contributed by atoms with Gasteiger partial charge in [0.05, 0.1) is 19.2 Å². The fraction of sp³-hybridized carbons (Fsp3) is 0.222. The molecule has 1 heterocycles. The molecule has 0 fully saturated rings. The van der Waals surface area contributed by atoms with Crippen LogP contribution in [-0.2, 0) is 9.53 Å². The zero-order valence-corrected chi connectivity index (χ0v) is 8.74. The number of carbonyl (C=O) groups excluding carboxylic acids is 2. The molecule has 0 spiro atoms. The van der Waals surface area contributed by atoms with Crippen LogP contribution in [0.3, 0.4) is 0 Å². The van der Waals surface area contributed by atoms with Gasteiger partial charge in [0.25, 0.3) is 0 Å². The van der Waals surface area contributed by atoms with E-state index in [2.05, 4.69) is 9.72 Å². The van der Waals surface area contributed by atoms with E-state index >= 15 is 0 Å². The summed E-state index contributed by atoms with van der Waals surface area (Å²) in [5.41, 5.74) is 0.489. The number of carbonyl (C=O) groups is 2. The molecule has 0 N–H and O–H groups in total. The monoisotopic (exact) mass is 226 g/mol. The second-order valence-corrected chi connectivity index (χ2v) is 3.41. The summed E-state index contributed by atoms with van der Waals surface area (Å²) < 4.78 is 4.42. The molecule has 1 aromatic rings. The number of aromatic carboxylic acids is 1. The average molecular weight is 226 g/mol. The van der Waals surface area contributed by atoms with Gasteiger partial charge in [-0.05, 0) is 6.08 Å². The molecule has 0 saturated heterocycles. The quantitative estimate of drug-likeness (QED) is 0.679. The van der Waals surface area contributed by atoms with Crippen molar-refractivity contribution in [1.82, 2.24) is 4.98 Å². The number of nitrogens with zero attached hydrogens (tertiary/aromatic N) is 1. The summed E-state index contributed by atoms with van der Waals surface area (Å²) in [6.45, 7) is 0. The first-order valence-electron chi connectivity index (χ1n) is 4.03. The lowest BCUT2D eigenvalue weighted by molar-refractivity contribution is -0.255. The van der Waals surface area contributed by atoms with Crippen LogP contribution in [-0.4, -0.2) is 24.0 Å². The molecule has 1 aromatic heterocycles. The molecule has 0 saturated carbocycles. The number of ether oxygens (including phenoxy) is 1. The summed E-state index contributed by atoms with van der Waals surface area (Å²) in [4.78, 5) is 24.9. The zero-order chi connectivity index (χ0) is 11.3. The van der Waals surface area contributed by atoms with E-state index in [1.807, 2.05) is 0 Å². The molecule has 6 heteroatoms. The Morgan fingerprint density at radius 3 is 2.93 bits per heavy atom. The smallest absolute Gasteiger partial charge is 0.309 e. The molecule has 0 aromatic carbocycles. The van der Waals surface area contributed by atoms with Crippen molar-refractivity contribution >= 4 is 29.4 Å². The molecule has 0 bridgehead atoms. The van der Waals surface area contributed by atoms with Gasteiger partial charge < -0.3 is 14.6 Å². The number of hydrogen-bond donors (Lipinski definition) is 0. The van der Waals surface area contributed by atoms with Crippen molar-refractivity contribution < 1.29 is 19.4 Å². The number of carboxylic acid groups (broad SMARTS) is 1. The van der Waals surface area contributed by atoms with E-state index < -0.39 is 5.97 Å². The lowest BCUT2D eigenvalue weighted by Gasteiger charge is -1.92. The number of aromatic nitrogens is 1. The maximum Gasteiger partial charge on any atom is 0.309 e. The highest BCUT2D eigenvalue weighted by Gasteiger charge is 2.00. The highest BCUT2D eigenvalue weighted by molar-refractivity contribution is 7.11. The first-order chi connectivity index (χ1) is 7.13. The van der Waals surface area contributed by atoms with Crippen molar-refractivity contribution in [2.24, 2.45) is 0 Å². The molecule has 0 aliphatic heterocycles. The average Bonchev–Trinajstić information content (AvgIpc) is 2.66. The van der Waals surface area contributed by atoms with Crippen molar-refractivity contribution in [2.45, 2.75) is 6.42 Å². The largest absolute Gasteiger partial charge is 0.542 e. The van der Waals surface area contributed by atoms with Crippen LogP contribution < -0.4 is 5.11 Å². The highest BCUT2D eigenvalue weighted by atomic mass is 32.1. The number of esters is 1. The van der Waals surface area contributed by atoms with Crippen molar-refractivity contribution in [3.8, 4) is 0 Å². The van der Waals surface area contributed by atoms with Gasteiger partial charge in [0.1, 0.15) is 11.0 Å². The van der Waals surface area contributed by atoms with E-state index in [1.54, 1.807) is 17.5 Å². The van der Waals surface area contributed by atoms with Crippen LogP contribution in [0.2, 0.25) is 0 Å². The van der Waals surface area contributed by atoms with E-state index in [-0.39, 0.29) is 17.4 Å². The fourth-order valence-corrected chi connectivity index (χ4v) is 1.43. The molecule has 0 unspecified atom stereocenters. The molecule has 0 aliphatic rings. The topological polar surface area (TPSA) is 79.3 Å². The number of rotatable bonds is 4. The van der Waals surface area contributed by atoms with E-state index in [1.165, 1.54) is 7.11 Å². The SMILES string of the molecule is COC(=O)CC=Cc1csc(C(=O)[O-])n1. The summed E-state index contributed by atoms with van der Waals surface area (Å²) in [5, 5.41) is 11.9. The molecule has 0 radical (unpaired) electrons. The van der Waals surface area contributed by atoms with E-state index in [4.69, 9.17) is 0 Å². The Morgan fingerprint density at radius 2 is 2.40 bits per heavy atom. The van der Waals surface area contributed by atoms with E-state index in [9.17, 15) is 14.7 Å². The lowest BCUT2D eigenvalue weighted by atomic mass is 10.3. The Balaban J connectivity index is 2.57. The van der Waals surface area contributed by atoms with E-state index in [0.717, 1.165) is 11.3 Å². The van der Waals surface area contributed by atoms with Crippen molar-refractivity contribution in [1.29, 1.82) is 0 Å². The van der Waals surface area contributed by atoms with Crippen LogP contribution >= 0.6 is 11.3 Å². The Hall–Kier alpha value is -1.69. The van der Waals surface area contributed by atoms with Gasteiger partial charge in [-0.2, -0.15) is 0 Å². The van der Waals surface area contributed by atoms with Crippen LogP contribution in [0.25, 0.3) is 6.08 Å². The summed E-state index contributed by atoms with van der Waals surface area (Å²) >= 11 is 0.982. The molecule has 0 aliphatic carbocycles. The number of carboxylic acids is 1. The van der Waals surface area contributed by atoms with Crippen LogP contribution in [0.5, 0.6) is 0 Å². The standard InChI is InChI=1S/C9H9NO4S/c1-14-7(11)4-2-3-6-5-15-8(10-6)9(12)13/h2-3,5H,4H2,1H3,(H,12,13)/p-1. The summed E-state index contributed by atoms with van der Waals surface area (Å²) in [6, 6.07) is 0. The zero-order valence-electron chi connectivity index (χ0n) is 7.93. The van der Waals surface area contributed by atoms with Crippen LogP contribution in [0.4, 0.5) is 0 Å². The predicted octanol–water partition coefficient (Wildman–Crippen LogP) is 0.0829. The highest BCUT2D eigenvalue weighted by Crippen LogP contribution is 2.10. The Bertz CT molecular complexity index is 397. The van der Waals surface area contributed by atoms with Crippen molar-refractivity contribution in [3.05, 3.63) is 22.2 Å². The molecule has 0 atom stereocenters. The van der Waals surface area contributed by atoms with Crippen molar-refractivity contribution in [2.75, 3.05) is 7.11 Å². The molecule has 5 nitrogen and oxygen atoms in total. The van der Waals surface area contributed by atoms with Gasteiger partial charge in [-0.3, -0.25) is 4.79 Å². The lowest BCUT2D eigenvalue weighted by Crippen LogP contribution is -2.21. The second-order valence-electron chi connectivity index (χ2n) is 2.55. The minimum atomic E-state index is -1.30. The maximum absolute atomic E-state index is 10.7. The Labute approximate surface area is 90.0 Å². The van der Waals surface area contributed by atoms with Crippen LogP contribution in [0.1, 0.15) is 21.9 Å². The predicted molar refractivity (Wildman–Crippen MR) is 52.1 cm³/mol. The van der Waals surface area contributed by atoms with Gasteiger partial charge in [0.2, 0.25) is 0 Å². The third kappa shape index (κ3) is 3.51. The molecule has 15 heavy (non-hydrogen) atoms. The summed E-state index contributed by atoms with van der Waals surface area (Å²) in [5.74, 6) is -1.66. The Kier molecular flexibility index (Phi) is 3.99. The third-order valence-electron chi connectivity index (χ3n) is 1.50. The molecular formula is C9H8NO4S-. The van der Waals surface area contributed by atoms with Gasteiger partial charge in [-0.15, -0.1) is 11.3 Å². The van der Waals surface area contributed by atoms with Gasteiger partial charge in [-0.1, -0.05) is 6.08 Å². The molecular weight excluding hydrogens is 218 g/mol. The normalized spacial score (nSPS) is 10.5. The van der Waals surface area contributed by atoms with Gasteiger partial charge in [0.15, 0.2) is 0 Å². The minimum Gasteiger partial charge on any atom is -0.542 e. The van der Waals surface area contributed by atoms with Gasteiger partial charge >= 0.3 is 5.97 Å². The van der Waals surface area contributed by atoms with Crippen LogP contribution in [0.15, 0.2) is 11.5 Å². The summed E-state index contributed by atoms with van der Waals surface area (Å²) in [6.07, 6.45) is 3.24. The maximum atomic E-state index is 10.7. The molecule has 1 rings (SSSR count). The minimum absolute atomic E-state index is 0.0762. The third-order valence-corrected chi connectivity index (χ3v) is 2.34. The fourth-order valence-electron chi connectivity index (χ4n) is 0.816. The second kappa shape index (κ2) is 5.26. The number of thiazole rings is 1.